The van der Waals surface area contributed by atoms with Gasteiger partial charge in [0.05, 0.1) is 12.8 Å². The Balaban J connectivity index is 0.00000288. The minimum absolute atomic E-state index is 0. The van der Waals surface area contributed by atoms with E-state index in [0.29, 0.717) is 31.3 Å². The van der Waals surface area contributed by atoms with Crippen molar-refractivity contribution in [1.82, 2.24) is 15.6 Å². The number of anilines is 1. The summed E-state index contributed by atoms with van der Waals surface area (Å²) in [6.45, 7) is 2.95. The van der Waals surface area contributed by atoms with Gasteiger partial charge in [0, 0.05) is 26.2 Å². The van der Waals surface area contributed by atoms with E-state index in [1.807, 2.05) is 25.1 Å². The average molecular weight is 443 g/mol. The van der Waals surface area contributed by atoms with Crippen molar-refractivity contribution in [3.8, 4) is 0 Å². The van der Waals surface area contributed by atoms with Gasteiger partial charge >= 0.3 is 0 Å². The van der Waals surface area contributed by atoms with Gasteiger partial charge in [-0.05, 0) is 30.7 Å². The van der Waals surface area contributed by atoms with Gasteiger partial charge in [-0.1, -0.05) is 6.07 Å². The Morgan fingerprint density at radius 3 is 2.75 bits per heavy atom. The maximum atomic E-state index is 11.8. The molecule has 8 heteroatoms. The second-order valence-corrected chi connectivity index (χ2v) is 4.95. The highest BCUT2D eigenvalue weighted by Gasteiger charge is 2.04. The summed E-state index contributed by atoms with van der Waals surface area (Å²) in [5.74, 6) is 1.88. The molecule has 0 spiro atoms. The van der Waals surface area contributed by atoms with Gasteiger partial charge in [-0.15, -0.1) is 24.0 Å². The summed E-state index contributed by atoms with van der Waals surface area (Å²) in [7, 11) is 1.67. The number of nitrogens with zero attached hydrogens (tertiary/aromatic N) is 2. The molecule has 2 heterocycles. The zero-order valence-electron chi connectivity index (χ0n) is 13.7. The molecule has 130 valence electrons. The fourth-order valence-electron chi connectivity index (χ4n) is 1.85. The van der Waals surface area contributed by atoms with Crippen molar-refractivity contribution in [3.63, 3.8) is 0 Å². The summed E-state index contributed by atoms with van der Waals surface area (Å²) in [4.78, 5) is 20.1. The predicted octanol–water partition coefficient (Wildman–Crippen LogP) is 2.29. The van der Waals surface area contributed by atoms with Gasteiger partial charge in [-0.2, -0.15) is 0 Å². The van der Waals surface area contributed by atoms with Crippen molar-refractivity contribution in [2.24, 2.45) is 4.99 Å². The van der Waals surface area contributed by atoms with Crippen molar-refractivity contribution in [2.45, 2.75) is 19.9 Å². The zero-order chi connectivity index (χ0) is 16.5. The first kappa shape index (κ1) is 19.9. The van der Waals surface area contributed by atoms with Crippen LogP contribution in [-0.2, 0) is 11.3 Å². The van der Waals surface area contributed by atoms with Gasteiger partial charge in [0.15, 0.2) is 5.96 Å². The Morgan fingerprint density at radius 1 is 1.29 bits per heavy atom. The number of furan rings is 1. The number of guanidine groups is 1. The average Bonchev–Trinajstić information content (AvgIpc) is 3.06. The number of amides is 1. The molecular formula is C16H22IN5O2. The molecule has 1 amide bonds. The molecule has 2 aromatic rings. The molecule has 2 aromatic heterocycles. The highest BCUT2D eigenvalue weighted by Crippen LogP contribution is 2.04. The molecule has 0 aliphatic heterocycles. The highest BCUT2D eigenvalue weighted by atomic mass is 127. The lowest BCUT2D eigenvalue weighted by atomic mass is 10.3. The quantitative estimate of drug-likeness (QED) is 0.362. The molecule has 0 bridgehead atoms. The van der Waals surface area contributed by atoms with Crippen LogP contribution in [-0.4, -0.2) is 30.4 Å². The lowest BCUT2D eigenvalue weighted by Crippen LogP contribution is -2.38. The molecule has 7 nitrogen and oxygen atoms in total. The largest absolute Gasteiger partial charge is 0.467 e. The molecule has 0 atom stereocenters. The highest BCUT2D eigenvalue weighted by molar-refractivity contribution is 14.0. The van der Waals surface area contributed by atoms with Crippen molar-refractivity contribution >= 4 is 41.7 Å². The van der Waals surface area contributed by atoms with Crippen LogP contribution in [0.2, 0.25) is 0 Å². The molecule has 0 aliphatic carbocycles. The smallest absolute Gasteiger partial charge is 0.227 e. The van der Waals surface area contributed by atoms with Crippen LogP contribution in [0.1, 0.15) is 17.7 Å². The lowest BCUT2D eigenvalue weighted by Gasteiger charge is -2.11. The van der Waals surface area contributed by atoms with E-state index < -0.39 is 0 Å². The van der Waals surface area contributed by atoms with Crippen LogP contribution in [0.15, 0.2) is 46.1 Å². The SMILES string of the molecule is CN=C(NCCC(=O)Nc1ccc(C)cn1)NCc1ccco1.I. The number of hydrogen-bond acceptors (Lipinski definition) is 4. The topological polar surface area (TPSA) is 91.5 Å². The Kier molecular flexibility index (Phi) is 8.84. The first-order chi connectivity index (χ1) is 11.2. The number of aryl methyl sites for hydroxylation is 1. The maximum Gasteiger partial charge on any atom is 0.227 e. The van der Waals surface area contributed by atoms with E-state index in [0.717, 1.165) is 11.3 Å². The molecular weight excluding hydrogens is 421 g/mol. The minimum atomic E-state index is -0.102. The Hall–Kier alpha value is -2.10. The predicted molar refractivity (Wildman–Crippen MR) is 105 cm³/mol. The monoisotopic (exact) mass is 443 g/mol. The summed E-state index contributed by atoms with van der Waals surface area (Å²) in [6.07, 6.45) is 3.65. The van der Waals surface area contributed by atoms with Crippen LogP contribution in [0.5, 0.6) is 0 Å². The maximum absolute atomic E-state index is 11.8. The molecule has 0 fully saturated rings. The van der Waals surface area contributed by atoms with E-state index in [2.05, 4.69) is 25.9 Å². The zero-order valence-corrected chi connectivity index (χ0v) is 16.0. The number of carbonyl (C=O) groups excluding carboxylic acids is 1. The van der Waals surface area contributed by atoms with Gasteiger partial charge < -0.3 is 20.4 Å². The van der Waals surface area contributed by atoms with Crippen LogP contribution >= 0.6 is 24.0 Å². The van der Waals surface area contributed by atoms with Crippen LogP contribution in [0.25, 0.3) is 0 Å². The summed E-state index contributed by atoms with van der Waals surface area (Å²) >= 11 is 0. The van der Waals surface area contributed by atoms with E-state index in [1.165, 1.54) is 0 Å². The Labute approximate surface area is 158 Å². The van der Waals surface area contributed by atoms with Crippen LogP contribution in [0.3, 0.4) is 0 Å². The molecule has 0 aromatic carbocycles. The van der Waals surface area contributed by atoms with E-state index in [9.17, 15) is 4.79 Å². The van der Waals surface area contributed by atoms with Gasteiger partial charge in [0.25, 0.3) is 0 Å². The normalized spacial score (nSPS) is 10.7. The molecule has 0 saturated carbocycles. The molecule has 0 unspecified atom stereocenters. The Bertz CT molecular complexity index is 641. The molecule has 0 aliphatic rings. The fourth-order valence-corrected chi connectivity index (χ4v) is 1.85. The molecule has 2 rings (SSSR count). The third-order valence-electron chi connectivity index (χ3n) is 3.06. The first-order valence-corrected chi connectivity index (χ1v) is 7.37. The lowest BCUT2D eigenvalue weighted by molar-refractivity contribution is -0.116. The second kappa shape index (κ2) is 10.6. The van der Waals surface area contributed by atoms with Crippen molar-refractivity contribution in [1.29, 1.82) is 0 Å². The number of rotatable bonds is 6. The van der Waals surface area contributed by atoms with Crippen LogP contribution < -0.4 is 16.0 Å². The van der Waals surface area contributed by atoms with E-state index >= 15 is 0 Å². The van der Waals surface area contributed by atoms with Crippen LogP contribution in [0, 0.1) is 6.92 Å². The Morgan fingerprint density at radius 2 is 2.12 bits per heavy atom. The summed E-state index contributed by atoms with van der Waals surface area (Å²) in [5, 5.41) is 8.93. The van der Waals surface area contributed by atoms with Crippen molar-refractivity contribution < 1.29 is 9.21 Å². The minimum Gasteiger partial charge on any atom is -0.467 e. The standard InChI is InChI=1S/C16H21N5O2.HI/c1-12-5-6-14(19-10-12)21-15(22)7-8-18-16(17-2)20-11-13-4-3-9-23-13;/h3-6,9-10H,7-8,11H2,1-2H3,(H2,17,18,20)(H,19,21,22);1H. The fraction of sp³-hybridized carbons (Fsp3) is 0.312. The number of hydrogen-bond donors (Lipinski definition) is 3. The molecule has 3 N–H and O–H groups in total. The molecule has 24 heavy (non-hydrogen) atoms. The number of pyridine rings is 1. The van der Waals surface area contributed by atoms with Crippen LogP contribution in [0.4, 0.5) is 5.82 Å². The van der Waals surface area contributed by atoms with Crippen molar-refractivity contribution in [3.05, 3.63) is 48.0 Å². The van der Waals surface area contributed by atoms with Gasteiger partial charge in [0.2, 0.25) is 5.91 Å². The van der Waals surface area contributed by atoms with E-state index in [1.54, 1.807) is 25.6 Å². The first-order valence-electron chi connectivity index (χ1n) is 7.37. The third-order valence-corrected chi connectivity index (χ3v) is 3.06. The number of aliphatic imine (C=N–C) groups is 1. The molecule has 0 saturated heterocycles. The number of aromatic nitrogens is 1. The van der Waals surface area contributed by atoms with Gasteiger partial charge in [0.1, 0.15) is 11.6 Å². The summed E-state index contributed by atoms with van der Waals surface area (Å²) < 4.78 is 5.23. The van der Waals surface area contributed by atoms with Gasteiger partial charge in [-0.3, -0.25) is 9.79 Å². The summed E-state index contributed by atoms with van der Waals surface area (Å²) in [5.41, 5.74) is 1.05. The number of nitrogens with one attached hydrogen (secondary N) is 3. The summed E-state index contributed by atoms with van der Waals surface area (Å²) in [6, 6.07) is 7.39. The number of halogens is 1. The van der Waals surface area contributed by atoms with Crippen molar-refractivity contribution in [2.75, 3.05) is 18.9 Å². The second-order valence-electron chi connectivity index (χ2n) is 4.95. The van der Waals surface area contributed by atoms with Gasteiger partial charge in [-0.25, -0.2) is 4.98 Å². The van der Waals surface area contributed by atoms with E-state index in [4.69, 9.17) is 4.42 Å². The number of carbonyl (C=O) groups is 1. The van der Waals surface area contributed by atoms with E-state index in [-0.39, 0.29) is 29.9 Å². The third kappa shape index (κ3) is 6.99. The molecule has 0 radical (unpaired) electrons.